The molecule has 0 atom stereocenters. The van der Waals surface area contributed by atoms with Gasteiger partial charge in [0.15, 0.2) is 0 Å². The molecule has 1 aromatic heterocycles. The molecule has 3 N–H and O–H groups in total. The van der Waals surface area contributed by atoms with Crippen molar-refractivity contribution in [3.63, 3.8) is 0 Å². The van der Waals surface area contributed by atoms with Crippen LogP contribution >= 0.6 is 0 Å². The first kappa shape index (κ1) is 11.4. The van der Waals surface area contributed by atoms with E-state index in [0.29, 0.717) is 12.5 Å². The summed E-state index contributed by atoms with van der Waals surface area (Å²) in [4.78, 5) is 4.60. The highest BCUT2D eigenvalue weighted by Crippen LogP contribution is 2.35. The molecule has 88 valence electrons. The van der Waals surface area contributed by atoms with Gasteiger partial charge in [-0.2, -0.15) is 0 Å². The molecule has 0 aromatic carbocycles. The molecule has 0 bridgehead atoms. The van der Waals surface area contributed by atoms with Gasteiger partial charge in [0.1, 0.15) is 0 Å². The number of anilines is 1. The molecule has 0 saturated heterocycles. The minimum absolute atomic E-state index is 0.562. The smallest absolute Gasteiger partial charge is 0.0665 e. The minimum Gasteiger partial charge on any atom is -0.387 e. The average molecular weight is 219 g/mol. The Morgan fingerprint density at radius 3 is 2.75 bits per heavy atom. The highest BCUT2D eigenvalue weighted by Gasteiger charge is 2.19. The van der Waals surface area contributed by atoms with E-state index in [2.05, 4.69) is 16.4 Å². The standard InChI is InChI=1S/C13H21N3/c1-15-12-7-10(8-14)9-16-13(12)11-5-3-2-4-6-11/h7,9,11,15H,2-6,8,14H2,1H3. The van der Waals surface area contributed by atoms with Gasteiger partial charge in [-0.05, 0) is 24.5 Å². The van der Waals surface area contributed by atoms with Crippen LogP contribution in [0.15, 0.2) is 12.3 Å². The number of pyridine rings is 1. The van der Waals surface area contributed by atoms with Crippen molar-refractivity contribution in [2.45, 2.75) is 44.6 Å². The van der Waals surface area contributed by atoms with Gasteiger partial charge in [-0.25, -0.2) is 0 Å². The maximum Gasteiger partial charge on any atom is 0.0665 e. The van der Waals surface area contributed by atoms with Crippen LogP contribution in [0, 0.1) is 0 Å². The van der Waals surface area contributed by atoms with Crippen molar-refractivity contribution in [1.29, 1.82) is 0 Å². The summed E-state index contributed by atoms with van der Waals surface area (Å²) in [6.45, 7) is 0.562. The quantitative estimate of drug-likeness (QED) is 0.821. The van der Waals surface area contributed by atoms with Crippen LogP contribution in [0.5, 0.6) is 0 Å². The molecule has 0 spiro atoms. The summed E-state index contributed by atoms with van der Waals surface area (Å²) >= 11 is 0. The second-order valence-corrected chi connectivity index (χ2v) is 4.57. The van der Waals surface area contributed by atoms with Gasteiger partial charge in [0.25, 0.3) is 0 Å². The van der Waals surface area contributed by atoms with Gasteiger partial charge < -0.3 is 11.1 Å². The van der Waals surface area contributed by atoms with Crippen LogP contribution < -0.4 is 11.1 Å². The van der Waals surface area contributed by atoms with Gasteiger partial charge >= 0.3 is 0 Å². The molecule has 0 unspecified atom stereocenters. The van der Waals surface area contributed by atoms with E-state index in [1.807, 2.05) is 13.2 Å². The Kier molecular flexibility index (Phi) is 3.78. The summed E-state index contributed by atoms with van der Waals surface area (Å²) in [6, 6.07) is 2.14. The first-order valence-electron chi connectivity index (χ1n) is 6.21. The highest BCUT2D eigenvalue weighted by molar-refractivity contribution is 5.50. The number of hydrogen-bond donors (Lipinski definition) is 2. The summed E-state index contributed by atoms with van der Waals surface area (Å²) in [7, 11) is 1.96. The van der Waals surface area contributed by atoms with Gasteiger partial charge in [-0.1, -0.05) is 19.3 Å². The maximum absolute atomic E-state index is 5.63. The Hall–Kier alpha value is -1.09. The topological polar surface area (TPSA) is 50.9 Å². The van der Waals surface area contributed by atoms with Crippen LogP contribution in [0.3, 0.4) is 0 Å². The molecule has 3 nitrogen and oxygen atoms in total. The molecule has 1 aliphatic carbocycles. The Morgan fingerprint density at radius 1 is 1.38 bits per heavy atom. The number of nitrogens with zero attached hydrogens (tertiary/aromatic N) is 1. The molecular formula is C13H21N3. The Balaban J connectivity index is 2.24. The lowest BCUT2D eigenvalue weighted by molar-refractivity contribution is 0.437. The number of hydrogen-bond acceptors (Lipinski definition) is 3. The molecule has 0 amide bonds. The van der Waals surface area contributed by atoms with E-state index in [9.17, 15) is 0 Å². The highest BCUT2D eigenvalue weighted by atomic mass is 14.9. The summed E-state index contributed by atoms with van der Waals surface area (Å²) in [5.74, 6) is 0.642. The fraction of sp³-hybridized carbons (Fsp3) is 0.615. The molecule has 3 heteroatoms. The number of nitrogens with one attached hydrogen (secondary N) is 1. The van der Waals surface area contributed by atoms with Crippen LogP contribution in [0.25, 0.3) is 0 Å². The number of nitrogens with two attached hydrogens (primary N) is 1. The normalized spacial score (nSPS) is 17.4. The van der Waals surface area contributed by atoms with Crippen LogP contribution in [0.2, 0.25) is 0 Å². The fourth-order valence-electron chi connectivity index (χ4n) is 2.53. The third-order valence-electron chi connectivity index (χ3n) is 3.47. The van der Waals surface area contributed by atoms with Crippen molar-refractivity contribution < 1.29 is 0 Å². The largest absolute Gasteiger partial charge is 0.387 e. The fourth-order valence-corrected chi connectivity index (χ4v) is 2.53. The summed E-state index contributed by atoms with van der Waals surface area (Å²) in [6.07, 6.45) is 8.55. The molecule has 16 heavy (non-hydrogen) atoms. The van der Waals surface area contributed by atoms with Gasteiger partial charge in [0.05, 0.1) is 11.4 Å². The molecular weight excluding hydrogens is 198 g/mol. The van der Waals surface area contributed by atoms with Gasteiger partial charge in [-0.15, -0.1) is 0 Å². The predicted octanol–water partition coefficient (Wildman–Crippen LogP) is 2.63. The lowest BCUT2D eigenvalue weighted by atomic mass is 9.86. The van der Waals surface area contributed by atoms with Gasteiger partial charge in [0.2, 0.25) is 0 Å². The summed E-state index contributed by atoms with van der Waals surface area (Å²) in [5.41, 5.74) is 9.13. The van der Waals surface area contributed by atoms with E-state index in [1.54, 1.807) is 0 Å². The van der Waals surface area contributed by atoms with Crippen molar-refractivity contribution >= 4 is 5.69 Å². The lowest BCUT2D eigenvalue weighted by Crippen LogP contribution is -2.10. The zero-order valence-electron chi connectivity index (χ0n) is 10.00. The molecule has 1 saturated carbocycles. The third kappa shape index (κ3) is 2.35. The van der Waals surface area contributed by atoms with Crippen molar-refractivity contribution in [2.75, 3.05) is 12.4 Å². The van der Waals surface area contributed by atoms with Crippen LogP contribution in [0.4, 0.5) is 5.69 Å². The first-order valence-corrected chi connectivity index (χ1v) is 6.21. The van der Waals surface area contributed by atoms with E-state index in [1.165, 1.54) is 37.8 Å². The van der Waals surface area contributed by atoms with Gasteiger partial charge in [-0.3, -0.25) is 4.98 Å². The van der Waals surface area contributed by atoms with E-state index in [0.717, 1.165) is 11.3 Å². The molecule has 2 rings (SSSR count). The van der Waals surface area contributed by atoms with E-state index < -0.39 is 0 Å². The second kappa shape index (κ2) is 5.30. The monoisotopic (exact) mass is 219 g/mol. The molecule has 1 heterocycles. The van der Waals surface area contributed by atoms with Gasteiger partial charge in [0, 0.05) is 25.7 Å². The predicted molar refractivity (Wildman–Crippen MR) is 67.5 cm³/mol. The van der Waals surface area contributed by atoms with E-state index in [-0.39, 0.29) is 0 Å². The van der Waals surface area contributed by atoms with E-state index in [4.69, 9.17) is 5.73 Å². The molecule has 1 aliphatic rings. The lowest BCUT2D eigenvalue weighted by Gasteiger charge is -2.23. The van der Waals surface area contributed by atoms with Crippen LogP contribution in [-0.2, 0) is 6.54 Å². The summed E-state index contributed by atoms with van der Waals surface area (Å²) < 4.78 is 0. The zero-order chi connectivity index (χ0) is 11.4. The van der Waals surface area contributed by atoms with Crippen molar-refractivity contribution in [2.24, 2.45) is 5.73 Å². The zero-order valence-corrected chi connectivity index (χ0v) is 10.00. The van der Waals surface area contributed by atoms with Crippen LogP contribution in [-0.4, -0.2) is 12.0 Å². The Morgan fingerprint density at radius 2 is 2.12 bits per heavy atom. The van der Waals surface area contributed by atoms with E-state index >= 15 is 0 Å². The van der Waals surface area contributed by atoms with Crippen molar-refractivity contribution in [3.8, 4) is 0 Å². The third-order valence-corrected chi connectivity index (χ3v) is 3.47. The molecule has 1 fully saturated rings. The Bertz CT molecular complexity index is 343. The average Bonchev–Trinajstić information content (AvgIpc) is 2.39. The minimum atomic E-state index is 0.562. The number of aromatic nitrogens is 1. The summed E-state index contributed by atoms with van der Waals surface area (Å²) in [5, 5.41) is 3.25. The Labute approximate surface area is 97.5 Å². The SMILES string of the molecule is CNc1cc(CN)cnc1C1CCCCC1. The first-order chi connectivity index (χ1) is 7.85. The van der Waals surface area contributed by atoms with Crippen LogP contribution in [0.1, 0.15) is 49.3 Å². The number of rotatable bonds is 3. The van der Waals surface area contributed by atoms with Crippen molar-refractivity contribution in [1.82, 2.24) is 4.98 Å². The molecule has 0 aliphatic heterocycles. The molecule has 0 radical (unpaired) electrons. The maximum atomic E-state index is 5.63. The second-order valence-electron chi connectivity index (χ2n) is 4.57. The van der Waals surface area contributed by atoms with Crippen molar-refractivity contribution in [3.05, 3.63) is 23.5 Å². The molecule has 1 aromatic rings.